The highest BCUT2D eigenvalue weighted by molar-refractivity contribution is 5.99. The van der Waals surface area contributed by atoms with Gasteiger partial charge in [-0.3, -0.25) is 14.4 Å². The van der Waals surface area contributed by atoms with Gasteiger partial charge in [-0.15, -0.1) is 0 Å². The van der Waals surface area contributed by atoms with Gasteiger partial charge < -0.3 is 16.0 Å². The van der Waals surface area contributed by atoms with E-state index in [1.54, 1.807) is 4.90 Å². The molecule has 132 valence electrons. The van der Waals surface area contributed by atoms with Crippen molar-refractivity contribution < 1.29 is 14.4 Å². The Morgan fingerprint density at radius 2 is 1.96 bits per heavy atom. The highest BCUT2D eigenvalue weighted by Crippen LogP contribution is 2.30. The summed E-state index contributed by atoms with van der Waals surface area (Å²) >= 11 is 0. The summed E-state index contributed by atoms with van der Waals surface area (Å²) in [5.41, 5.74) is 9.98. The van der Waals surface area contributed by atoms with Gasteiger partial charge in [0.15, 0.2) is 0 Å². The number of carbonyl (C=O) groups excluding carboxylic acids is 3. The van der Waals surface area contributed by atoms with Crippen LogP contribution in [0.5, 0.6) is 0 Å². The normalized spacial score (nSPS) is 18.1. The Labute approximate surface area is 151 Å². The Hall–Kier alpha value is -3.15. The molecule has 4 rings (SSSR count). The van der Waals surface area contributed by atoms with E-state index in [1.165, 1.54) is 0 Å². The topological polar surface area (TPSA) is 92.5 Å². The highest BCUT2D eigenvalue weighted by atomic mass is 16.2. The van der Waals surface area contributed by atoms with Gasteiger partial charge in [-0.05, 0) is 34.7 Å². The van der Waals surface area contributed by atoms with Crippen molar-refractivity contribution in [2.24, 2.45) is 5.73 Å². The minimum atomic E-state index is -0.735. The quantitative estimate of drug-likeness (QED) is 0.876. The number of amides is 3. The summed E-state index contributed by atoms with van der Waals surface area (Å²) in [6, 6.07) is 12.4. The molecule has 0 aromatic heterocycles. The molecule has 0 aliphatic carbocycles. The predicted octanol–water partition coefficient (Wildman–Crippen LogP) is 1.33. The van der Waals surface area contributed by atoms with Crippen LogP contribution < -0.4 is 11.1 Å². The van der Waals surface area contributed by atoms with Crippen LogP contribution in [0.4, 0.5) is 5.69 Å². The monoisotopic (exact) mass is 349 g/mol. The van der Waals surface area contributed by atoms with Gasteiger partial charge >= 0.3 is 0 Å². The van der Waals surface area contributed by atoms with Crippen molar-refractivity contribution in [1.29, 1.82) is 0 Å². The van der Waals surface area contributed by atoms with Gasteiger partial charge in [-0.25, -0.2) is 0 Å². The zero-order valence-corrected chi connectivity index (χ0v) is 14.2. The van der Waals surface area contributed by atoms with Crippen LogP contribution in [0.3, 0.4) is 0 Å². The zero-order valence-electron chi connectivity index (χ0n) is 14.2. The van der Waals surface area contributed by atoms with Crippen molar-refractivity contribution in [2.75, 3.05) is 11.9 Å². The molecular formula is C20H19N3O3. The van der Waals surface area contributed by atoms with E-state index in [-0.39, 0.29) is 18.2 Å². The van der Waals surface area contributed by atoms with Crippen LogP contribution in [0.2, 0.25) is 0 Å². The number of rotatable bonds is 3. The van der Waals surface area contributed by atoms with Crippen molar-refractivity contribution in [3.8, 4) is 0 Å². The van der Waals surface area contributed by atoms with Gasteiger partial charge in [0.05, 0.1) is 12.8 Å². The summed E-state index contributed by atoms with van der Waals surface area (Å²) in [6.45, 7) is 0.463. The van der Waals surface area contributed by atoms with Gasteiger partial charge in [0.2, 0.25) is 17.7 Å². The molecule has 3 N–H and O–H groups in total. The van der Waals surface area contributed by atoms with E-state index in [0.717, 1.165) is 27.9 Å². The van der Waals surface area contributed by atoms with Crippen molar-refractivity contribution in [3.05, 3.63) is 64.7 Å². The predicted molar refractivity (Wildman–Crippen MR) is 96.3 cm³/mol. The smallest absolute Gasteiger partial charge is 0.244 e. The molecule has 0 spiro atoms. The molecule has 0 saturated heterocycles. The molecule has 6 heteroatoms. The Balaban J connectivity index is 1.57. The maximum atomic E-state index is 12.9. The standard InChI is InChI=1S/C20H19N3O3/c21-20(26)19-15-4-2-1-3-13(15)7-8-23(19)18(25)10-12-5-6-14-11-17(24)22-16(14)9-12/h1-6,9,19H,7-8,10-11H2,(H2,21,26)(H,22,24). The number of nitrogens with one attached hydrogen (secondary N) is 1. The number of anilines is 1. The van der Waals surface area contributed by atoms with Gasteiger partial charge in [0.25, 0.3) is 0 Å². The number of primary amides is 1. The Kier molecular flexibility index (Phi) is 3.95. The summed E-state index contributed by atoms with van der Waals surface area (Å²) in [4.78, 5) is 38.0. The summed E-state index contributed by atoms with van der Waals surface area (Å²) in [5.74, 6) is -0.704. The number of nitrogens with zero attached hydrogens (tertiary/aromatic N) is 1. The SMILES string of the molecule is NC(=O)C1c2ccccc2CCN1C(=O)Cc1ccc2c(c1)NC(=O)C2. The molecule has 6 nitrogen and oxygen atoms in total. The fourth-order valence-corrected chi connectivity index (χ4v) is 3.79. The van der Waals surface area contributed by atoms with E-state index in [4.69, 9.17) is 5.73 Å². The maximum Gasteiger partial charge on any atom is 0.244 e. The molecule has 2 aliphatic heterocycles. The maximum absolute atomic E-state index is 12.9. The molecule has 2 heterocycles. The van der Waals surface area contributed by atoms with E-state index >= 15 is 0 Å². The first-order valence-electron chi connectivity index (χ1n) is 8.61. The fourth-order valence-electron chi connectivity index (χ4n) is 3.79. The summed E-state index contributed by atoms with van der Waals surface area (Å²) in [6.07, 6.45) is 1.23. The number of hydrogen-bond acceptors (Lipinski definition) is 3. The van der Waals surface area contributed by atoms with Gasteiger partial charge in [0, 0.05) is 12.2 Å². The lowest BCUT2D eigenvalue weighted by Crippen LogP contribution is -2.46. The molecule has 1 unspecified atom stereocenters. The number of fused-ring (bicyclic) bond motifs is 2. The third-order valence-electron chi connectivity index (χ3n) is 5.03. The molecule has 2 aliphatic rings. The Morgan fingerprint density at radius 1 is 1.15 bits per heavy atom. The van der Waals surface area contributed by atoms with Crippen LogP contribution in [0.1, 0.15) is 28.3 Å². The first-order valence-corrected chi connectivity index (χ1v) is 8.61. The van der Waals surface area contributed by atoms with Crippen molar-refractivity contribution in [2.45, 2.75) is 25.3 Å². The molecule has 0 bridgehead atoms. The average molecular weight is 349 g/mol. The number of hydrogen-bond donors (Lipinski definition) is 2. The lowest BCUT2D eigenvalue weighted by Gasteiger charge is -2.35. The lowest BCUT2D eigenvalue weighted by molar-refractivity contribution is -0.139. The van der Waals surface area contributed by atoms with E-state index in [9.17, 15) is 14.4 Å². The molecule has 26 heavy (non-hydrogen) atoms. The molecule has 3 amide bonds. The van der Waals surface area contributed by atoms with Crippen LogP contribution in [0.15, 0.2) is 42.5 Å². The second-order valence-electron chi connectivity index (χ2n) is 6.73. The molecule has 0 fully saturated rings. The minimum Gasteiger partial charge on any atom is -0.368 e. The average Bonchev–Trinajstić information content (AvgIpc) is 2.99. The number of benzene rings is 2. The van der Waals surface area contributed by atoms with Crippen LogP contribution in [-0.2, 0) is 33.6 Å². The third kappa shape index (κ3) is 2.83. The Bertz CT molecular complexity index is 922. The molecule has 0 radical (unpaired) electrons. The van der Waals surface area contributed by atoms with E-state index in [1.807, 2.05) is 42.5 Å². The van der Waals surface area contributed by atoms with Gasteiger partial charge in [-0.1, -0.05) is 36.4 Å². The summed E-state index contributed by atoms with van der Waals surface area (Å²) < 4.78 is 0. The first-order chi connectivity index (χ1) is 12.5. The molecule has 2 aromatic rings. The van der Waals surface area contributed by atoms with Crippen molar-refractivity contribution >= 4 is 23.4 Å². The van der Waals surface area contributed by atoms with E-state index in [0.29, 0.717) is 19.4 Å². The second-order valence-corrected chi connectivity index (χ2v) is 6.73. The second kappa shape index (κ2) is 6.29. The number of carbonyl (C=O) groups is 3. The first kappa shape index (κ1) is 16.3. The molecule has 2 aromatic carbocycles. The van der Waals surface area contributed by atoms with Crippen molar-refractivity contribution in [3.63, 3.8) is 0 Å². The third-order valence-corrected chi connectivity index (χ3v) is 5.03. The van der Waals surface area contributed by atoms with Gasteiger partial charge in [-0.2, -0.15) is 0 Å². The summed E-state index contributed by atoms with van der Waals surface area (Å²) in [7, 11) is 0. The van der Waals surface area contributed by atoms with E-state index < -0.39 is 11.9 Å². The van der Waals surface area contributed by atoms with Crippen LogP contribution in [0.25, 0.3) is 0 Å². The highest BCUT2D eigenvalue weighted by Gasteiger charge is 2.34. The zero-order chi connectivity index (χ0) is 18.3. The van der Waals surface area contributed by atoms with Gasteiger partial charge in [0.1, 0.15) is 6.04 Å². The molecular weight excluding hydrogens is 330 g/mol. The number of nitrogens with two attached hydrogens (primary N) is 1. The largest absolute Gasteiger partial charge is 0.368 e. The van der Waals surface area contributed by atoms with Crippen LogP contribution in [0, 0.1) is 0 Å². The Morgan fingerprint density at radius 3 is 2.77 bits per heavy atom. The van der Waals surface area contributed by atoms with Crippen LogP contribution >= 0.6 is 0 Å². The van der Waals surface area contributed by atoms with E-state index in [2.05, 4.69) is 5.32 Å². The van der Waals surface area contributed by atoms with Crippen LogP contribution in [-0.4, -0.2) is 29.2 Å². The fraction of sp³-hybridized carbons (Fsp3) is 0.250. The molecule has 1 atom stereocenters. The van der Waals surface area contributed by atoms with Crippen molar-refractivity contribution in [1.82, 2.24) is 4.90 Å². The minimum absolute atomic E-state index is 0.0371. The lowest BCUT2D eigenvalue weighted by atomic mass is 9.91. The molecule has 0 saturated carbocycles. The summed E-state index contributed by atoms with van der Waals surface area (Å²) in [5, 5.41) is 2.79.